The molecular weight excluding hydrogens is 308 g/mol. The molecule has 126 valence electrons. The number of ether oxygens (including phenoxy) is 1. The molecule has 0 bridgehead atoms. The summed E-state index contributed by atoms with van der Waals surface area (Å²) in [6, 6.07) is 3.58. The molecular formula is C17H20N4O3. The van der Waals surface area contributed by atoms with Gasteiger partial charge in [-0.05, 0) is 13.0 Å². The highest BCUT2D eigenvalue weighted by atomic mass is 16.5. The van der Waals surface area contributed by atoms with Crippen LogP contribution in [0.25, 0.3) is 0 Å². The Bertz CT molecular complexity index is 780. The van der Waals surface area contributed by atoms with E-state index in [-0.39, 0.29) is 23.0 Å². The van der Waals surface area contributed by atoms with Gasteiger partial charge in [0.05, 0.1) is 0 Å². The fraction of sp³-hybridized carbons (Fsp3) is 0.412. The fourth-order valence-corrected chi connectivity index (χ4v) is 2.73. The molecule has 1 fully saturated rings. The molecule has 0 saturated carbocycles. The molecule has 0 aromatic carbocycles. The lowest BCUT2D eigenvalue weighted by Crippen LogP contribution is -2.43. The lowest BCUT2D eigenvalue weighted by atomic mass is 10.1. The summed E-state index contributed by atoms with van der Waals surface area (Å²) in [6.45, 7) is 2.94. The fourth-order valence-electron chi connectivity index (χ4n) is 2.73. The van der Waals surface area contributed by atoms with Gasteiger partial charge in [-0.2, -0.15) is 0 Å². The van der Waals surface area contributed by atoms with Gasteiger partial charge in [0.2, 0.25) is 0 Å². The summed E-state index contributed by atoms with van der Waals surface area (Å²) in [5, 5.41) is 0. The van der Waals surface area contributed by atoms with Crippen LogP contribution in [0, 0.1) is 6.92 Å². The lowest BCUT2D eigenvalue weighted by molar-refractivity contribution is 0.0577. The van der Waals surface area contributed by atoms with Crippen LogP contribution < -0.4 is 10.2 Å². The van der Waals surface area contributed by atoms with Crippen molar-refractivity contribution in [2.45, 2.75) is 25.9 Å². The third-order valence-electron chi connectivity index (χ3n) is 4.26. The van der Waals surface area contributed by atoms with Crippen LogP contribution in [0.4, 0.5) is 0 Å². The highest BCUT2D eigenvalue weighted by Gasteiger charge is 2.26. The number of pyridine rings is 1. The van der Waals surface area contributed by atoms with Crippen LogP contribution in [0.15, 0.2) is 35.5 Å². The molecule has 1 saturated heterocycles. The summed E-state index contributed by atoms with van der Waals surface area (Å²) in [4.78, 5) is 34.5. The average molecular weight is 328 g/mol. The van der Waals surface area contributed by atoms with E-state index in [0.29, 0.717) is 31.9 Å². The second-order valence-electron chi connectivity index (χ2n) is 5.94. The molecule has 1 aliphatic rings. The molecule has 1 amide bonds. The Morgan fingerprint density at radius 3 is 2.58 bits per heavy atom. The number of hydrogen-bond donors (Lipinski definition) is 0. The maximum Gasteiger partial charge on any atom is 0.316 e. The van der Waals surface area contributed by atoms with Crippen molar-refractivity contribution in [3.8, 4) is 6.01 Å². The molecule has 7 nitrogen and oxygen atoms in total. The third kappa shape index (κ3) is 3.45. The molecule has 3 heterocycles. The number of carbonyl (C=O) groups is 1. The molecule has 3 rings (SSSR count). The highest BCUT2D eigenvalue weighted by Crippen LogP contribution is 2.17. The normalized spacial score (nSPS) is 15.3. The van der Waals surface area contributed by atoms with Gasteiger partial charge >= 0.3 is 6.01 Å². The zero-order valence-corrected chi connectivity index (χ0v) is 13.8. The standard InChI is InChI=1S/C17H20N4O3/c1-12-10-15(22)14(11-20(12)2)16(23)21-8-4-13(5-9-21)24-17-18-6-3-7-19-17/h3,6-7,10-11,13H,4-5,8-9H2,1-2H3. The zero-order chi connectivity index (χ0) is 17.1. The van der Waals surface area contributed by atoms with Crippen LogP contribution in [0.5, 0.6) is 6.01 Å². The summed E-state index contributed by atoms with van der Waals surface area (Å²) in [5.41, 5.74) is 0.812. The van der Waals surface area contributed by atoms with E-state index in [1.807, 2.05) is 14.0 Å². The number of nitrogens with zero attached hydrogens (tertiary/aromatic N) is 4. The van der Waals surface area contributed by atoms with Crippen molar-refractivity contribution in [2.24, 2.45) is 7.05 Å². The van der Waals surface area contributed by atoms with Crippen LogP contribution in [0.3, 0.4) is 0 Å². The smallest absolute Gasteiger partial charge is 0.316 e. The Morgan fingerprint density at radius 1 is 1.25 bits per heavy atom. The molecule has 0 N–H and O–H groups in total. The van der Waals surface area contributed by atoms with Crippen molar-refractivity contribution in [1.29, 1.82) is 0 Å². The predicted octanol–water partition coefficient (Wildman–Crippen LogP) is 1.17. The SMILES string of the molecule is Cc1cc(=O)c(C(=O)N2CCC(Oc3ncccn3)CC2)cn1C. The van der Waals surface area contributed by atoms with Crippen LogP contribution >= 0.6 is 0 Å². The molecule has 0 aliphatic carbocycles. The van der Waals surface area contributed by atoms with E-state index in [2.05, 4.69) is 9.97 Å². The number of likely N-dealkylation sites (tertiary alicyclic amines) is 1. The second-order valence-corrected chi connectivity index (χ2v) is 5.94. The molecule has 2 aromatic rings. The maximum absolute atomic E-state index is 12.6. The summed E-state index contributed by atoms with van der Waals surface area (Å²) >= 11 is 0. The van der Waals surface area contributed by atoms with Crippen LogP contribution in [-0.4, -0.2) is 44.5 Å². The first kappa shape index (κ1) is 16.2. The van der Waals surface area contributed by atoms with Gasteiger partial charge in [0.15, 0.2) is 5.43 Å². The molecule has 1 aliphatic heterocycles. The quantitative estimate of drug-likeness (QED) is 0.845. The zero-order valence-electron chi connectivity index (χ0n) is 13.8. The average Bonchev–Trinajstić information content (AvgIpc) is 2.59. The van der Waals surface area contributed by atoms with Gasteiger partial charge in [-0.3, -0.25) is 9.59 Å². The molecule has 2 aromatic heterocycles. The molecule has 0 atom stereocenters. The van der Waals surface area contributed by atoms with Crippen LogP contribution in [0.1, 0.15) is 28.9 Å². The van der Waals surface area contributed by atoms with Gasteiger partial charge in [0.1, 0.15) is 11.7 Å². The largest absolute Gasteiger partial charge is 0.460 e. The van der Waals surface area contributed by atoms with Crippen molar-refractivity contribution >= 4 is 5.91 Å². The first-order valence-electron chi connectivity index (χ1n) is 7.95. The maximum atomic E-state index is 12.6. The van der Waals surface area contributed by atoms with Crippen molar-refractivity contribution in [3.63, 3.8) is 0 Å². The van der Waals surface area contributed by atoms with Crippen molar-refractivity contribution in [3.05, 3.63) is 52.2 Å². The monoisotopic (exact) mass is 328 g/mol. The van der Waals surface area contributed by atoms with Crippen LogP contribution in [-0.2, 0) is 7.05 Å². The first-order valence-corrected chi connectivity index (χ1v) is 7.95. The van der Waals surface area contributed by atoms with Gasteiger partial charge in [0, 0.05) is 63.3 Å². The minimum absolute atomic E-state index is 0.0164. The highest BCUT2D eigenvalue weighted by molar-refractivity contribution is 5.93. The molecule has 24 heavy (non-hydrogen) atoms. The second kappa shape index (κ2) is 6.82. The minimum atomic E-state index is -0.230. The Labute approximate surface area is 139 Å². The van der Waals surface area contributed by atoms with Gasteiger partial charge in [-0.15, -0.1) is 0 Å². The van der Waals surface area contributed by atoms with E-state index < -0.39 is 0 Å². The number of carbonyl (C=O) groups excluding carboxylic acids is 1. The molecule has 0 unspecified atom stereocenters. The summed E-state index contributed by atoms with van der Waals surface area (Å²) in [6.07, 6.45) is 6.24. The van der Waals surface area contributed by atoms with Crippen molar-refractivity contribution in [2.75, 3.05) is 13.1 Å². The van der Waals surface area contributed by atoms with E-state index in [1.54, 1.807) is 34.1 Å². The molecule has 0 radical (unpaired) electrons. The van der Waals surface area contributed by atoms with Gasteiger partial charge in [-0.25, -0.2) is 9.97 Å². The van der Waals surface area contributed by atoms with Crippen LogP contribution in [0.2, 0.25) is 0 Å². The number of aromatic nitrogens is 3. The topological polar surface area (TPSA) is 77.3 Å². The van der Waals surface area contributed by atoms with E-state index in [9.17, 15) is 9.59 Å². The van der Waals surface area contributed by atoms with E-state index in [4.69, 9.17) is 4.74 Å². The van der Waals surface area contributed by atoms with E-state index in [1.165, 1.54) is 6.07 Å². The third-order valence-corrected chi connectivity index (χ3v) is 4.26. The van der Waals surface area contributed by atoms with E-state index in [0.717, 1.165) is 5.69 Å². The number of aryl methyl sites for hydroxylation is 2. The lowest BCUT2D eigenvalue weighted by Gasteiger charge is -2.31. The Balaban J connectivity index is 1.63. The number of amides is 1. The number of piperidine rings is 1. The van der Waals surface area contributed by atoms with E-state index >= 15 is 0 Å². The first-order chi connectivity index (χ1) is 11.5. The van der Waals surface area contributed by atoms with Gasteiger partial charge in [-0.1, -0.05) is 0 Å². The Hall–Kier alpha value is -2.70. The summed E-state index contributed by atoms with van der Waals surface area (Å²) in [5.74, 6) is -0.218. The Morgan fingerprint density at radius 2 is 1.92 bits per heavy atom. The minimum Gasteiger partial charge on any atom is -0.460 e. The van der Waals surface area contributed by atoms with Crippen molar-refractivity contribution < 1.29 is 9.53 Å². The van der Waals surface area contributed by atoms with Gasteiger partial charge in [0.25, 0.3) is 5.91 Å². The summed E-state index contributed by atoms with van der Waals surface area (Å²) in [7, 11) is 1.82. The molecule has 0 spiro atoms. The Kier molecular flexibility index (Phi) is 4.59. The summed E-state index contributed by atoms with van der Waals surface area (Å²) < 4.78 is 7.51. The van der Waals surface area contributed by atoms with Gasteiger partial charge < -0.3 is 14.2 Å². The number of rotatable bonds is 3. The molecule has 7 heteroatoms. The van der Waals surface area contributed by atoms with Crippen molar-refractivity contribution in [1.82, 2.24) is 19.4 Å². The number of hydrogen-bond acceptors (Lipinski definition) is 5. The predicted molar refractivity (Wildman–Crippen MR) is 88.0 cm³/mol.